The van der Waals surface area contributed by atoms with Crippen LogP contribution in [0.25, 0.3) is 0 Å². The van der Waals surface area contributed by atoms with Crippen molar-refractivity contribution in [3.8, 4) is 0 Å². The third-order valence-electron chi connectivity index (χ3n) is 3.72. The number of benzene rings is 1. The molecule has 1 aromatic carbocycles. The number of nitro groups is 1. The molecule has 0 saturated carbocycles. The predicted octanol–water partition coefficient (Wildman–Crippen LogP) is 2.83. The van der Waals surface area contributed by atoms with E-state index in [9.17, 15) is 10.1 Å². The maximum Gasteiger partial charge on any atom is 0.272 e. The first-order valence-electron chi connectivity index (χ1n) is 7.39. The zero-order valence-corrected chi connectivity index (χ0v) is 13.2. The van der Waals surface area contributed by atoms with Crippen LogP contribution in [-0.4, -0.2) is 21.0 Å². The summed E-state index contributed by atoms with van der Waals surface area (Å²) in [6, 6.07) is 5.38. The molecule has 1 unspecified atom stereocenters. The Balaban J connectivity index is 1.84. The average Bonchev–Trinajstić information content (AvgIpc) is 2.85. The van der Waals surface area contributed by atoms with E-state index in [2.05, 4.69) is 21.8 Å². The minimum absolute atomic E-state index is 0.182. The number of nitro benzene ring substituents is 1. The first-order chi connectivity index (χ1) is 10.5. The fourth-order valence-corrected chi connectivity index (χ4v) is 2.42. The first kappa shape index (κ1) is 16.2. The lowest BCUT2D eigenvalue weighted by atomic mass is 10.1. The third kappa shape index (κ3) is 4.14. The zero-order valence-electron chi connectivity index (χ0n) is 13.2. The second kappa shape index (κ2) is 7.17. The Morgan fingerprint density at radius 1 is 1.41 bits per heavy atom. The van der Waals surface area contributed by atoms with Gasteiger partial charge in [0.25, 0.3) is 5.69 Å². The second-order valence-corrected chi connectivity index (χ2v) is 5.74. The molecule has 1 heterocycles. The summed E-state index contributed by atoms with van der Waals surface area (Å²) in [6.07, 6.45) is 3.79. The van der Waals surface area contributed by atoms with E-state index in [0.717, 1.165) is 24.5 Å². The van der Waals surface area contributed by atoms with Gasteiger partial charge in [-0.15, -0.1) is 0 Å². The molecule has 0 spiro atoms. The van der Waals surface area contributed by atoms with Gasteiger partial charge < -0.3 is 9.88 Å². The number of aromatic nitrogens is 2. The molecule has 0 radical (unpaired) electrons. The Labute approximate surface area is 130 Å². The van der Waals surface area contributed by atoms with Crippen LogP contribution in [0.4, 0.5) is 5.69 Å². The molecule has 0 saturated heterocycles. The lowest BCUT2D eigenvalue weighted by Gasteiger charge is -2.14. The van der Waals surface area contributed by atoms with Crippen LogP contribution in [0.1, 0.15) is 23.9 Å². The van der Waals surface area contributed by atoms with Gasteiger partial charge in [-0.25, -0.2) is 4.98 Å². The van der Waals surface area contributed by atoms with Crippen molar-refractivity contribution in [2.24, 2.45) is 5.92 Å². The van der Waals surface area contributed by atoms with Crippen LogP contribution in [0.3, 0.4) is 0 Å². The predicted molar refractivity (Wildman–Crippen MR) is 85.7 cm³/mol. The Kier molecular flexibility index (Phi) is 5.27. The van der Waals surface area contributed by atoms with Crippen molar-refractivity contribution in [1.29, 1.82) is 0 Å². The molecule has 6 heteroatoms. The fraction of sp³-hybridized carbons (Fsp3) is 0.438. The number of aryl methyl sites for hydroxylation is 2. The van der Waals surface area contributed by atoms with Gasteiger partial charge in [-0.05, 0) is 31.9 Å². The van der Waals surface area contributed by atoms with Crippen LogP contribution in [-0.2, 0) is 13.1 Å². The third-order valence-corrected chi connectivity index (χ3v) is 3.72. The Hall–Kier alpha value is -2.21. The smallest absolute Gasteiger partial charge is 0.272 e. The molecule has 0 bridgehead atoms. The molecule has 0 aliphatic heterocycles. The van der Waals surface area contributed by atoms with Gasteiger partial charge in [-0.1, -0.05) is 19.1 Å². The number of hydrogen-bond donors (Lipinski definition) is 1. The second-order valence-electron chi connectivity index (χ2n) is 5.74. The van der Waals surface area contributed by atoms with Crippen LogP contribution in [0.2, 0.25) is 0 Å². The van der Waals surface area contributed by atoms with Gasteiger partial charge in [0.1, 0.15) is 5.82 Å². The molecule has 2 rings (SSSR count). The molecule has 118 valence electrons. The van der Waals surface area contributed by atoms with Gasteiger partial charge in [0, 0.05) is 37.1 Å². The molecule has 0 amide bonds. The van der Waals surface area contributed by atoms with Gasteiger partial charge in [-0.3, -0.25) is 10.1 Å². The van der Waals surface area contributed by atoms with E-state index >= 15 is 0 Å². The van der Waals surface area contributed by atoms with Crippen molar-refractivity contribution in [3.05, 3.63) is 57.7 Å². The highest BCUT2D eigenvalue weighted by molar-refractivity contribution is 5.42. The largest absolute Gasteiger partial charge is 0.335 e. The Morgan fingerprint density at radius 2 is 2.18 bits per heavy atom. The first-order valence-corrected chi connectivity index (χ1v) is 7.39. The Morgan fingerprint density at radius 3 is 2.82 bits per heavy atom. The van der Waals surface area contributed by atoms with E-state index in [-0.39, 0.29) is 10.6 Å². The molecule has 1 aromatic heterocycles. The molecular weight excluding hydrogens is 280 g/mol. The average molecular weight is 302 g/mol. The Bertz CT molecular complexity index is 651. The topological polar surface area (TPSA) is 73.0 Å². The summed E-state index contributed by atoms with van der Waals surface area (Å²) in [5, 5.41) is 14.3. The van der Waals surface area contributed by atoms with Crippen molar-refractivity contribution >= 4 is 5.69 Å². The van der Waals surface area contributed by atoms with Crippen LogP contribution in [0.15, 0.2) is 30.6 Å². The normalized spacial score (nSPS) is 12.3. The highest BCUT2D eigenvalue weighted by Gasteiger charge is 2.11. The van der Waals surface area contributed by atoms with E-state index in [1.807, 2.05) is 19.2 Å². The van der Waals surface area contributed by atoms with Crippen LogP contribution < -0.4 is 5.32 Å². The highest BCUT2D eigenvalue weighted by Crippen LogP contribution is 2.19. The summed E-state index contributed by atoms with van der Waals surface area (Å²) < 4.78 is 2.13. The summed E-state index contributed by atoms with van der Waals surface area (Å²) in [5.74, 6) is 1.47. The van der Waals surface area contributed by atoms with Crippen molar-refractivity contribution in [1.82, 2.24) is 14.9 Å². The maximum atomic E-state index is 10.9. The lowest BCUT2D eigenvalue weighted by molar-refractivity contribution is -0.385. The standard InChI is InChI=1S/C16H22N4O2/c1-12(11-19-7-6-18-14(19)3)9-17-10-15-5-4-13(2)16(8-15)20(21)22/h4-8,12,17H,9-11H2,1-3H3. The fourth-order valence-electron chi connectivity index (χ4n) is 2.42. The molecule has 0 aliphatic rings. The number of hydrogen-bond acceptors (Lipinski definition) is 4. The number of rotatable bonds is 7. The van der Waals surface area contributed by atoms with Crippen molar-refractivity contribution < 1.29 is 4.92 Å². The van der Waals surface area contributed by atoms with Gasteiger partial charge in [0.15, 0.2) is 0 Å². The van der Waals surface area contributed by atoms with Crippen molar-refractivity contribution in [3.63, 3.8) is 0 Å². The molecule has 0 fully saturated rings. The zero-order chi connectivity index (χ0) is 16.1. The molecule has 1 atom stereocenters. The maximum absolute atomic E-state index is 10.9. The molecule has 0 aliphatic carbocycles. The quantitative estimate of drug-likeness (QED) is 0.630. The van der Waals surface area contributed by atoms with Gasteiger partial charge >= 0.3 is 0 Å². The van der Waals surface area contributed by atoms with E-state index in [0.29, 0.717) is 18.0 Å². The van der Waals surface area contributed by atoms with E-state index in [4.69, 9.17) is 0 Å². The van der Waals surface area contributed by atoms with E-state index in [1.54, 1.807) is 25.3 Å². The van der Waals surface area contributed by atoms with Crippen LogP contribution in [0, 0.1) is 29.9 Å². The SMILES string of the molecule is Cc1ccc(CNCC(C)Cn2ccnc2C)cc1[N+](=O)[O-]. The van der Waals surface area contributed by atoms with Crippen molar-refractivity contribution in [2.75, 3.05) is 6.54 Å². The minimum Gasteiger partial charge on any atom is -0.335 e. The minimum atomic E-state index is -0.330. The van der Waals surface area contributed by atoms with Gasteiger partial charge in [-0.2, -0.15) is 0 Å². The number of nitrogens with zero attached hydrogens (tertiary/aromatic N) is 3. The van der Waals surface area contributed by atoms with E-state index < -0.39 is 0 Å². The van der Waals surface area contributed by atoms with Crippen LogP contribution in [0.5, 0.6) is 0 Å². The van der Waals surface area contributed by atoms with Gasteiger partial charge in [0.2, 0.25) is 0 Å². The van der Waals surface area contributed by atoms with Crippen LogP contribution >= 0.6 is 0 Å². The van der Waals surface area contributed by atoms with Gasteiger partial charge in [0.05, 0.1) is 4.92 Å². The lowest BCUT2D eigenvalue weighted by Crippen LogP contribution is -2.24. The number of imidazole rings is 1. The molecule has 2 aromatic rings. The van der Waals surface area contributed by atoms with Crippen molar-refractivity contribution in [2.45, 2.75) is 33.9 Å². The van der Waals surface area contributed by atoms with E-state index in [1.165, 1.54) is 0 Å². The monoisotopic (exact) mass is 302 g/mol. The molecular formula is C16H22N4O2. The highest BCUT2D eigenvalue weighted by atomic mass is 16.6. The summed E-state index contributed by atoms with van der Waals surface area (Å²) >= 11 is 0. The molecule has 1 N–H and O–H groups in total. The number of nitrogens with one attached hydrogen (secondary N) is 1. The summed E-state index contributed by atoms with van der Waals surface area (Å²) in [6.45, 7) is 8.31. The summed E-state index contributed by atoms with van der Waals surface area (Å²) in [5.41, 5.74) is 1.81. The summed E-state index contributed by atoms with van der Waals surface area (Å²) in [4.78, 5) is 14.8. The molecule has 6 nitrogen and oxygen atoms in total. The summed E-state index contributed by atoms with van der Waals surface area (Å²) in [7, 11) is 0. The molecule has 22 heavy (non-hydrogen) atoms.